The van der Waals surface area contributed by atoms with Gasteiger partial charge in [0.2, 0.25) is 0 Å². The summed E-state index contributed by atoms with van der Waals surface area (Å²) in [5, 5.41) is 4.63. The van der Waals surface area contributed by atoms with E-state index in [0.717, 1.165) is 0 Å². The minimum atomic E-state index is -2.83. The van der Waals surface area contributed by atoms with Crippen molar-refractivity contribution in [3.8, 4) is 24.7 Å². The highest BCUT2D eigenvalue weighted by Gasteiger charge is 2.59. The number of rotatable bonds is 8. The van der Waals surface area contributed by atoms with Crippen LogP contribution in [0.1, 0.15) is 41.5 Å². The fourth-order valence-electron chi connectivity index (χ4n) is 6.93. The molecule has 0 saturated heterocycles. The first-order valence-corrected chi connectivity index (χ1v) is 18.5. The van der Waals surface area contributed by atoms with E-state index in [1.54, 1.807) is 0 Å². The third-order valence-corrected chi connectivity index (χ3v) is 20.5. The molecule has 0 aromatic heterocycles. The van der Waals surface area contributed by atoms with E-state index in [1.165, 1.54) is 20.7 Å². The zero-order chi connectivity index (χ0) is 29.7. The second-order valence-corrected chi connectivity index (χ2v) is 22.4. The van der Waals surface area contributed by atoms with Gasteiger partial charge in [0.15, 0.2) is 16.1 Å². The van der Waals surface area contributed by atoms with Crippen molar-refractivity contribution >= 4 is 36.9 Å². The van der Waals surface area contributed by atoms with Crippen molar-refractivity contribution in [2.24, 2.45) is 0 Å². The van der Waals surface area contributed by atoms with Crippen LogP contribution in [0.2, 0.25) is 10.1 Å². The Kier molecular flexibility index (Phi) is 8.96. The maximum Gasteiger partial charge on any atom is 0.169 e. The van der Waals surface area contributed by atoms with E-state index in [0.29, 0.717) is 0 Å². The zero-order valence-electron chi connectivity index (χ0n) is 25.3. The van der Waals surface area contributed by atoms with E-state index in [2.05, 4.69) is 175 Å². The van der Waals surface area contributed by atoms with Gasteiger partial charge in [-0.2, -0.15) is 0 Å². The lowest BCUT2D eigenvalue weighted by atomic mass is 10.2. The summed E-state index contributed by atoms with van der Waals surface area (Å²) in [5.74, 6) is 6.41. The predicted octanol–water partition coefficient (Wildman–Crippen LogP) is 6.21. The molecule has 3 heteroatoms. The van der Waals surface area contributed by atoms with Crippen LogP contribution in [0.3, 0.4) is 0 Å². The van der Waals surface area contributed by atoms with Crippen LogP contribution >= 0.6 is 0 Å². The second kappa shape index (κ2) is 12.1. The molecule has 0 bridgehead atoms. The lowest BCUT2D eigenvalue weighted by Gasteiger charge is -2.51. The summed E-state index contributed by atoms with van der Waals surface area (Å²) >= 11 is 0. The summed E-state index contributed by atoms with van der Waals surface area (Å²) < 4.78 is 7.40. The minimum Gasteiger partial charge on any atom is -0.355 e. The van der Waals surface area contributed by atoms with E-state index in [9.17, 15) is 0 Å². The van der Waals surface area contributed by atoms with Crippen LogP contribution in [-0.2, 0) is 4.74 Å². The fraction of sp³-hybridized carbons (Fsp3) is 0.263. The van der Waals surface area contributed by atoms with Crippen molar-refractivity contribution in [3.63, 3.8) is 0 Å². The predicted molar refractivity (Wildman–Crippen MR) is 182 cm³/mol. The fourth-order valence-corrected chi connectivity index (χ4v) is 18.0. The summed E-state index contributed by atoms with van der Waals surface area (Å²) in [4.78, 5) is 0. The average Bonchev–Trinajstić information content (AvgIpc) is 2.97. The first-order valence-electron chi connectivity index (χ1n) is 14.3. The molecule has 0 aliphatic carbocycles. The van der Waals surface area contributed by atoms with Crippen LogP contribution in [0.5, 0.6) is 0 Å². The second-order valence-electron chi connectivity index (χ2n) is 12.8. The van der Waals surface area contributed by atoms with Crippen molar-refractivity contribution in [3.05, 3.63) is 121 Å². The molecule has 0 aliphatic rings. The smallest absolute Gasteiger partial charge is 0.169 e. The van der Waals surface area contributed by atoms with Gasteiger partial charge in [-0.15, -0.1) is 12.8 Å². The highest BCUT2D eigenvalue weighted by atomic mass is 28.3. The van der Waals surface area contributed by atoms with Gasteiger partial charge in [-0.3, -0.25) is 0 Å². The standard InChI is InChI=1S/C38H42OSi2/c1-9-35(40(37(3,4)5,31-23-15-11-16-24-31)32-25-17-12-18-26-32)39-36(10-2)41(38(6,7)8,33-27-19-13-20-28-33)34-29-21-14-22-30-34/h1-2,11-30,35-36H,3-8H3. The number of benzene rings is 4. The first-order chi connectivity index (χ1) is 19.5. The van der Waals surface area contributed by atoms with Gasteiger partial charge in [0, 0.05) is 0 Å². The average molecular weight is 571 g/mol. The molecule has 1 nitrogen and oxygen atoms in total. The summed E-state index contributed by atoms with van der Waals surface area (Å²) in [7, 11) is -5.66. The molecule has 4 rings (SSSR count). The normalized spacial score (nSPS) is 14.0. The molecule has 0 saturated carbocycles. The summed E-state index contributed by atoms with van der Waals surface area (Å²) in [6, 6.07) is 43.0. The lowest BCUT2D eigenvalue weighted by molar-refractivity contribution is 0.131. The van der Waals surface area contributed by atoms with Gasteiger partial charge < -0.3 is 4.74 Å². The Morgan fingerprint density at radius 1 is 0.463 bits per heavy atom. The van der Waals surface area contributed by atoms with Gasteiger partial charge in [-0.1, -0.05) is 175 Å². The Hall–Kier alpha value is -3.61. The van der Waals surface area contributed by atoms with Crippen molar-refractivity contribution in [1.29, 1.82) is 0 Å². The van der Waals surface area contributed by atoms with Crippen molar-refractivity contribution in [2.75, 3.05) is 0 Å². The molecular weight excluding hydrogens is 529 g/mol. The van der Waals surface area contributed by atoms with Crippen molar-refractivity contribution < 1.29 is 4.74 Å². The van der Waals surface area contributed by atoms with Crippen LogP contribution in [0.4, 0.5) is 0 Å². The van der Waals surface area contributed by atoms with E-state index in [-0.39, 0.29) is 10.1 Å². The number of terminal acetylenes is 2. The summed E-state index contributed by atoms with van der Waals surface area (Å²) in [6.45, 7) is 13.8. The van der Waals surface area contributed by atoms with Crippen LogP contribution < -0.4 is 20.7 Å². The van der Waals surface area contributed by atoms with Gasteiger partial charge in [-0.05, 0) is 30.8 Å². The third kappa shape index (κ3) is 5.27. The molecule has 0 amide bonds. The highest BCUT2D eigenvalue weighted by Crippen LogP contribution is 2.43. The number of hydrogen-bond acceptors (Lipinski definition) is 1. The zero-order valence-corrected chi connectivity index (χ0v) is 27.3. The molecule has 2 atom stereocenters. The Morgan fingerprint density at radius 3 is 0.854 bits per heavy atom. The molecule has 2 unspecified atom stereocenters. The number of ether oxygens (including phenoxy) is 1. The molecule has 0 fully saturated rings. The van der Waals surface area contributed by atoms with Gasteiger partial charge in [0.1, 0.15) is 11.5 Å². The molecule has 208 valence electrons. The molecule has 0 radical (unpaired) electrons. The minimum absolute atomic E-state index is 0.183. The van der Waals surface area contributed by atoms with Gasteiger partial charge in [-0.25, -0.2) is 0 Å². The Bertz CT molecular complexity index is 1290. The monoisotopic (exact) mass is 570 g/mol. The van der Waals surface area contributed by atoms with Crippen LogP contribution in [-0.4, -0.2) is 27.6 Å². The molecule has 0 aliphatic heterocycles. The summed E-state index contributed by atoms with van der Waals surface area (Å²) in [6.07, 6.45) is 13.1. The van der Waals surface area contributed by atoms with E-state index < -0.39 is 27.6 Å². The lowest BCUT2D eigenvalue weighted by Crippen LogP contribution is -2.76. The molecular formula is C38H42OSi2. The Morgan fingerprint density at radius 2 is 0.683 bits per heavy atom. The largest absolute Gasteiger partial charge is 0.355 e. The highest BCUT2D eigenvalue weighted by molar-refractivity contribution is 7.07. The third-order valence-electron chi connectivity index (χ3n) is 8.64. The first kappa shape index (κ1) is 30.4. The quantitative estimate of drug-likeness (QED) is 0.181. The number of hydrogen-bond donors (Lipinski definition) is 0. The van der Waals surface area contributed by atoms with Crippen molar-refractivity contribution in [1.82, 2.24) is 0 Å². The Balaban J connectivity index is 2.04. The van der Waals surface area contributed by atoms with Gasteiger partial charge in [0.05, 0.1) is 0 Å². The maximum atomic E-state index is 7.40. The molecule has 4 aromatic carbocycles. The molecule has 0 N–H and O–H groups in total. The van der Waals surface area contributed by atoms with Crippen LogP contribution in [0.25, 0.3) is 0 Å². The Labute approximate surface area is 250 Å². The van der Waals surface area contributed by atoms with Crippen LogP contribution in [0, 0.1) is 24.7 Å². The van der Waals surface area contributed by atoms with E-state index >= 15 is 0 Å². The SMILES string of the molecule is C#CC(OC(C#C)[Si](c1ccccc1)(c1ccccc1)C(C)(C)C)[Si](c1ccccc1)(c1ccccc1)C(C)(C)C. The van der Waals surface area contributed by atoms with Crippen molar-refractivity contribution in [2.45, 2.75) is 63.1 Å². The molecule has 0 heterocycles. The van der Waals surface area contributed by atoms with E-state index in [4.69, 9.17) is 17.6 Å². The molecule has 41 heavy (non-hydrogen) atoms. The van der Waals surface area contributed by atoms with E-state index in [1.807, 2.05) is 0 Å². The van der Waals surface area contributed by atoms with Gasteiger partial charge in [0.25, 0.3) is 0 Å². The molecule has 0 spiro atoms. The topological polar surface area (TPSA) is 9.23 Å². The summed E-state index contributed by atoms with van der Waals surface area (Å²) in [5.41, 5.74) is -1.01. The van der Waals surface area contributed by atoms with Crippen LogP contribution in [0.15, 0.2) is 121 Å². The molecule has 4 aromatic rings. The maximum absolute atomic E-state index is 7.40. The van der Waals surface area contributed by atoms with Gasteiger partial charge >= 0.3 is 0 Å².